The second kappa shape index (κ2) is 8.08. The lowest BCUT2D eigenvalue weighted by atomic mass is 9.57. The molecule has 134 valence electrons. The fraction of sp³-hybridized carbons (Fsp3) is 0.889. The fourth-order valence-corrected chi connectivity index (χ4v) is 5.26. The molecule has 6 heteroatoms. The van der Waals surface area contributed by atoms with Crippen molar-refractivity contribution >= 4 is 5.91 Å². The summed E-state index contributed by atoms with van der Waals surface area (Å²) in [6.45, 7) is 2.59. The van der Waals surface area contributed by atoms with Gasteiger partial charge in [-0.15, -0.1) is 10.2 Å². The Morgan fingerprint density at radius 3 is 2.12 bits per heavy atom. The fourth-order valence-electron chi connectivity index (χ4n) is 5.26. The van der Waals surface area contributed by atoms with Crippen molar-refractivity contribution in [2.45, 2.75) is 84.1 Å². The number of aromatic nitrogens is 4. The van der Waals surface area contributed by atoms with E-state index in [0.717, 1.165) is 6.42 Å². The van der Waals surface area contributed by atoms with Crippen molar-refractivity contribution in [3.63, 3.8) is 0 Å². The van der Waals surface area contributed by atoms with Crippen molar-refractivity contribution in [1.29, 1.82) is 0 Å². The molecular formula is C18H31N5O. The summed E-state index contributed by atoms with van der Waals surface area (Å²) in [5.41, 5.74) is -0.204. The molecule has 0 radical (unpaired) electrons. The van der Waals surface area contributed by atoms with Crippen molar-refractivity contribution in [3.05, 3.63) is 5.82 Å². The highest BCUT2D eigenvalue weighted by molar-refractivity contribution is 5.83. The van der Waals surface area contributed by atoms with Crippen molar-refractivity contribution in [1.82, 2.24) is 25.9 Å². The maximum Gasteiger partial charge on any atom is 0.227 e. The van der Waals surface area contributed by atoms with Crippen LogP contribution in [0.1, 0.15) is 83.4 Å². The van der Waals surface area contributed by atoms with Crippen LogP contribution in [-0.2, 0) is 11.3 Å². The van der Waals surface area contributed by atoms with Gasteiger partial charge in [-0.1, -0.05) is 50.7 Å². The van der Waals surface area contributed by atoms with Crippen LogP contribution < -0.4 is 5.32 Å². The van der Waals surface area contributed by atoms with Gasteiger partial charge in [-0.2, -0.15) is 5.21 Å². The summed E-state index contributed by atoms with van der Waals surface area (Å²) < 4.78 is 0. The van der Waals surface area contributed by atoms with Gasteiger partial charge in [0.25, 0.3) is 0 Å². The average Bonchev–Trinajstić information content (AvgIpc) is 3.16. The number of nitrogens with zero attached hydrogens (tertiary/aromatic N) is 3. The van der Waals surface area contributed by atoms with Gasteiger partial charge in [-0.05, 0) is 43.9 Å². The van der Waals surface area contributed by atoms with Gasteiger partial charge in [0.1, 0.15) is 0 Å². The highest BCUT2D eigenvalue weighted by Gasteiger charge is 2.49. The SMILES string of the molecule is CCC(C(=O)NCc1nn[nH]n1)(C1CCCCC1)C1CCCCC1. The van der Waals surface area contributed by atoms with Gasteiger partial charge in [0.05, 0.1) is 12.0 Å². The van der Waals surface area contributed by atoms with Crippen LogP contribution in [0.5, 0.6) is 0 Å². The second-order valence-electron chi connectivity index (χ2n) is 7.57. The Hall–Kier alpha value is -1.46. The first-order chi connectivity index (χ1) is 11.8. The molecule has 0 saturated heterocycles. The van der Waals surface area contributed by atoms with Gasteiger partial charge in [0.2, 0.25) is 5.91 Å². The summed E-state index contributed by atoms with van der Waals surface area (Å²) >= 11 is 0. The van der Waals surface area contributed by atoms with Gasteiger partial charge in [0, 0.05) is 0 Å². The molecule has 0 bridgehead atoms. The first kappa shape index (κ1) is 17.4. The lowest BCUT2D eigenvalue weighted by Gasteiger charge is -2.47. The molecular weight excluding hydrogens is 302 g/mol. The van der Waals surface area contributed by atoms with Gasteiger partial charge in [0.15, 0.2) is 5.82 Å². The third kappa shape index (κ3) is 3.47. The van der Waals surface area contributed by atoms with E-state index < -0.39 is 0 Å². The maximum absolute atomic E-state index is 13.4. The number of hydrogen-bond donors (Lipinski definition) is 2. The van der Waals surface area contributed by atoms with E-state index in [2.05, 4.69) is 32.9 Å². The van der Waals surface area contributed by atoms with Gasteiger partial charge in [-0.3, -0.25) is 4.79 Å². The summed E-state index contributed by atoms with van der Waals surface area (Å²) in [4.78, 5) is 13.4. The molecule has 0 spiro atoms. The molecule has 0 atom stereocenters. The van der Waals surface area contributed by atoms with Gasteiger partial charge < -0.3 is 5.32 Å². The maximum atomic E-state index is 13.4. The van der Waals surface area contributed by atoms with Crippen LogP contribution in [0.15, 0.2) is 0 Å². The summed E-state index contributed by atoms with van der Waals surface area (Å²) in [6, 6.07) is 0. The standard InChI is InChI=1S/C18H31N5O/c1-2-18(14-9-5-3-6-10-14,15-11-7-4-8-12-15)17(24)19-13-16-20-22-23-21-16/h14-15H,2-13H2,1H3,(H,19,24)(H,20,21,22,23). The number of nitrogens with one attached hydrogen (secondary N) is 2. The Labute approximate surface area is 144 Å². The highest BCUT2D eigenvalue weighted by atomic mass is 16.2. The van der Waals surface area contributed by atoms with E-state index >= 15 is 0 Å². The molecule has 2 N–H and O–H groups in total. The summed E-state index contributed by atoms with van der Waals surface area (Å²) in [5.74, 6) is 1.85. The second-order valence-corrected chi connectivity index (χ2v) is 7.57. The number of hydrogen-bond acceptors (Lipinski definition) is 4. The van der Waals surface area contributed by atoms with Crippen molar-refractivity contribution in [2.24, 2.45) is 17.3 Å². The zero-order valence-corrected chi connectivity index (χ0v) is 14.9. The zero-order chi connectivity index (χ0) is 16.8. The molecule has 2 aliphatic carbocycles. The first-order valence-corrected chi connectivity index (χ1v) is 9.78. The van der Waals surface area contributed by atoms with Crippen molar-refractivity contribution in [3.8, 4) is 0 Å². The molecule has 2 saturated carbocycles. The van der Waals surface area contributed by atoms with Gasteiger partial charge in [-0.25, -0.2) is 0 Å². The summed E-state index contributed by atoms with van der Waals surface area (Å²) in [7, 11) is 0. The van der Waals surface area contributed by atoms with E-state index in [1.54, 1.807) is 0 Å². The normalized spacial score (nSPS) is 20.9. The van der Waals surface area contributed by atoms with E-state index in [1.807, 2.05) is 0 Å². The molecule has 1 aromatic heterocycles. The Morgan fingerprint density at radius 1 is 1.08 bits per heavy atom. The average molecular weight is 333 g/mol. The largest absolute Gasteiger partial charge is 0.348 e. The molecule has 3 rings (SSSR count). The van der Waals surface area contributed by atoms with E-state index in [1.165, 1.54) is 64.2 Å². The first-order valence-electron chi connectivity index (χ1n) is 9.78. The summed E-state index contributed by atoms with van der Waals surface area (Å²) in [6.07, 6.45) is 13.5. The smallest absolute Gasteiger partial charge is 0.227 e. The number of amides is 1. The third-order valence-electron chi connectivity index (χ3n) is 6.47. The number of carbonyl (C=O) groups is 1. The molecule has 1 aromatic rings. The molecule has 0 aliphatic heterocycles. The Morgan fingerprint density at radius 2 is 1.67 bits per heavy atom. The third-order valence-corrected chi connectivity index (χ3v) is 6.47. The van der Waals surface area contributed by atoms with E-state index in [-0.39, 0.29) is 11.3 Å². The van der Waals surface area contributed by atoms with E-state index in [0.29, 0.717) is 24.2 Å². The van der Waals surface area contributed by atoms with Crippen LogP contribution in [0.4, 0.5) is 0 Å². The Kier molecular flexibility index (Phi) is 5.85. The van der Waals surface area contributed by atoms with E-state index in [4.69, 9.17) is 0 Å². The molecule has 24 heavy (non-hydrogen) atoms. The molecule has 0 aromatic carbocycles. The molecule has 1 heterocycles. The summed E-state index contributed by atoms with van der Waals surface area (Å²) in [5, 5.41) is 17.1. The number of H-pyrrole nitrogens is 1. The number of aromatic amines is 1. The Balaban J connectivity index is 1.79. The quantitative estimate of drug-likeness (QED) is 0.836. The van der Waals surface area contributed by atoms with Crippen LogP contribution >= 0.6 is 0 Å². The predicted octanol–water partition coefficient (Wildman–Crippen LogP) is 3.37. The van der Waals surface area contributed by atoms with Crippen LogP contribution in [-0.4, -0.2) is 26.5 Å². The minimum atomic E-state index is -0.204. The minimum Gasteiger partial charge on any atom is -0.348 e. The lowest BCUT2D eigenvalue weighted by Crippen LogP contribution is -2.51. The van der Waals surface area contributed by atoms with Crippen molar-refractivity contribution < 1.29 is 4.79 Å². The lowest BCUT2D eigenvalue weighted by molar-refractivity contribution is -0.142. The number of carbonyl (C=O) groups excluding carboxylic acids is 1. The topological polar surface area (TPSA) is 83.6 Å². The molecule has 1 amide bonds. The van der Waals surface area contributed by atoms with Crippen LogP contribution in [0.2, 0.25) is 0 Å². The van der Waals surface area contributed by atoms with Crippen LogP contribution in [0, 0.1) is 17.3 Å². The van der Waals surface area contributed by atoms with Crippen molar-refractivity contribution in [2.75, 3.05) is 0 Å². The molecule has 2 fully saturated rings. The van der Waals surface area contributed by atoms with Crippen LogP contribution in [0.25, 0.3) is 0 Å². The monoisotopic (exact) mass is 333 g/mol. The highest BCUT2D eigenvalue weighted by Crippen LogP contribution is 2.51. The molecule has 2 aliphatic rings. The predicted molar refractivity (Wildman–Crippen MR) is 91.9 cm³/mol. The number of rotatable bonds is 6. The molecule has 0 unspecified atom stereocenters. The molecule has 6 nitrogen and oxygen atoms in total. The zero-order valence-electron chi connectivity index (χ0n) is 14.9. The van der Waals surface area contributed by atoms with Crippen LogP contribution in [0.3, 0.4) is 0 Å². The minimum absolute atomic E-state index is 0.204. The van der Waals surface area contributed by atoms with E-state index in [9.17, 15) is 4.79 Å². The Bertz CT molecular complexity index is 485. The number of tetrazole rings is 1. The van der Waals surface area contributed by atoms with Gasteiger partial charge >= 0.3 is 0 Å².